The summed E-state index contributed by atoms with van der Waals surface area (Å²) in [4.78, 5) is 23.9. The quantitative estimate of drug-likeness (QED) is 0.394. The average molecular weight is 368 g/mol. The number of thioether (sulfide) groups is 1. The van der Waals surface area contributed by atoms with Gasteiger partial charge in [-0.15, -0.1) is 11.8 Å². The van der Waals surface area contributed by atoms with Crippen molar-refractivity contribution in [1.82, 2.24) is 0 Å². The topological polar surface area (TPSA) is 81.5 Å². The maximum atomic E-state index is 12.3. The van der Waals surface area contributed by atoms with Gasteiger partial charge < -0.3 is 10.1 Å². The number of methoxy groups -OCH3 is 1. The van der Waals surface area contributed by atoms with E-state index in [-0.39, 0.29) is 23.0 Å². The molecule has 3 aromatic carbocycles. The number of nitro groups is 1. The van der Waals surface area contributed by atoms with Gasteiger partial charge in [0.25, 0.3) is 5.69 Å². The van der Waals surface area contributed by atoms with E-state index in [1.807, 2.05) is 42.5 Å². The number of fused-ring (bicyclic) bond motifs is 1. The molecule has 0 radical (unpaired) electrons. The standard InChI is InChI=1S/C19H16N2O4S/c1-25-14-9-10-16(17(11-14)21(23)24)20-19(22)12-26-18-8-4-6-13-5-2-3-7-15(13)18/h2-11H,12H2,1H3,(H,20,22). The molecular weight excluding hydrogens is 352 g/mol. The maximum absolute atomic E-state index is 12.3. The summed E-state index contributed by atoms with van der Waals surface area (Å²) < 4.78 is 4.99. The lowest BCUT2D eigenvalue weighted by atomic mass is 10.1. The molecule has 26 heavy (non-hydrogen) atoms. The van der Waals surface area contributed by atoms with Gasteiger partial charge in [-0.2, -0.15) is 0 Å². The van der Waals surface area contributed by atoms with Gasteiger partial charge >= 0.3 is 0 Å². The van der Waals surface area contributed by atoms with Gasteiger partial charge in [-0.25, -0.2) is 0 Å². The van der Waals surface area contributed by atoms with Crippen LogP contribution in [0.15, 0.2) is 65.6 Å². The first-order valence-electron chi connectivity index (χ1n) is 7.81. The van der Waals surface area contributed by atoms with Crippen molar-refractivity contribution < 1.29 is 14.5 Å². The second kappa shape index (κ2) is 7.88. The van der Waals surface area contributed by atoms with Gasteiger partial charge in [-0.05, 0) is 29.0 Å². The molecule has 0 saturated carbocycles. The number of benzene rings is 3. The van der Waals surface area contributed by atoms with E-state index in [1.165, 1.54) is 31.0 Å². The molecular formula is C19H16N2O4S. The van der Waals surface area contributed by atoms with Crippen LogP contribution in [-0.2, 0) is 4.79 Å². The van der Waals surface area contributed by atoms with Gasteiger partial charge in [0.2, 0.25) is 5.91 Å². The van der Waals surface area contributed by atoms with Crippen LogP contribution in [0.4, 0.5) is 11.4 Å². The van der Waals surface area contributed by atoms with E-state index in [0.29, 0.717) is 5.75 Å². The first-order valence-corrected chi connectivity index (χ1v) is 8.80. The second-order valence-corrected chi connectivity index (χ2v) is 6.47. The van der Waals surface area contributed by atoms with Gasteiger partial charge in [0.05, 0.1) is 23.9 Å². The molecule has 1 amide bonds. The minimum atomic E-state index is -0.546. The van der Waals surface area contributed by atoms with Crippen LogP contribution in [0.2, 0.25) is 0 Å². The average Bonchev–Trinajstić information content (AvgIpc) is 2.66. The van der Waals surface area contributed by atoms with Gasteiger partial charge in [-0.1, -0.05) is 36.4 Å². The van der Waals surface area contributed by atoms with E-state index in [4.69, 9.17) is 4.74 Å². The minimum Gasteiger partial charge on any atom is -0.496 e. The van der Waals surface area contributed by atoms with E-state index in [1.54, 1.807) is 6.07 Å². The molecule has 1 N–H and O–H groups in total. The van der Waals surface area contributed by atoms with Crippen molar-refractivity contribution in [3.8, 4) is 5.75 Å². The molecule has 0 bridgehead atoms. The Balaban J connectivity index is 1.72. The van der Waals surface area contributed by atoms with Gasteiger partial charge in [0, 0.05) is 4.90 Å². The van der Waals surface area contributed by atoms with E-state index in [9.17, 15) is 14.9 Å². The number of nitrogens with zero attached hydrogens (tertiary/aromatic N) is 1. The summed E-state index contributed by atoms with van der Waals surface area (Å²) >= 11 is 1.39. The van der Waals surface area contributed by atoms with Gasteiger partial charge in [-0.3, -0.25) is 14.9 Å². The van der Waals surface area contributed by atoms with E-state index < -0.39 is 4.92 Å². The van der Waals surface area contributed by atoms with Crippen molar-refractivity contribution >= 4 is 39.8 Å². The highest BCUT2D eigenvalue weighted by Crippen LogP contribution is 2.30. The summed E-state index contributed by atoms with van der Waals surface area (Å²) in [5.74, 6) is 0.202. The zero-order chi connectivity index (χ0) is 18.5. The summed E-state index contributed by atoms with van der Waals surface area (Å²) in [6.45, 7) is 0. The zero-order valence-electron chi connectivity index (χ0n) is 14.0. The second-order valence-electron chi connectivity index (χ2n) is 5.45. The first kappa shape index (κ1) is 17.8. The molecule has 0 spiro atoms. The number of ether oxygens (including phenoxy) is 1. The summed E-state index contributed by atoms with van der Waals surface area (Å²) in [7, 11) is 1.43. The van der Waals surface area contributed by atoms with Crippen molar-refractivity contribution in [1.29, 1.82) is 0 Å². The molecule has 0 aliphatic rings. The van der Waals surface area contributed by atoms with Crippen molar-refractivity contribution in [3.63, 3.8) is 0 Å². The molecule has 0 unspecified atom stereocenters. The van der Waals surface area contributed by atoms with Crippen LogP contribution in [0.1, 0.15) is 0 Å². The number of anilines is 1. The molecule has 3 rings (SSSR count). The van der Waals surface area contributed by atoms with Crippen LogP contribution in [0.5, 0.6) is 5.75 Å². The molecule has 0 aliphatic heterocycles. The van der Waals surface area contributed by atoms with Crippen LogP contribution in [0.25, 0.3) is 10.8 Å². The van der Waals surface area contributed by atoms with Crippen LogP contribution in [0.3, 0.4) is 0 Å². The third-order valence-corrected chi connectivity index (χ3v) is 4.86. The van der Waals surface area contributed by atoms with Crippen LogP contribution in [0, 0.1) is 10.1 Å². The third kappa shape index (κ3) is 3.94. The van der Waals surface area contributed by atoms with Crippen LogP contribution >= 0.6 is 11.8 Å². The normalized spacial score (nSPS) is 10.5. The Bertz CT molecular complexity index is 969. The molecule has 0 aliphatic carbocycles. The van der Waals surface area contributed by atoms with Crippen LogP contribution < -0.4 is 10.1 Å². The number of rotatable bonds is 6. The molecule has 132 valence electrons. The Morgan fingerprint density at radius 1 is 1.15 bits per heavy atom. The summed E-state index contributed by atoms with van der Waals surface area (Å²) in [6, 6.07) is 18.2. The highest BCUT2D eigenvalue weighted by molar-refractivity contribution is 8.00. The Morgan fingerprint density at radius 3 is 2.69 bits per heavy atom. The fourth-order valence-electron chi connectivity index (χ4n) is 2.55. The van der Waals surface area contributed by atoms with Crippen molar-refractivity contribution in [3.05, 3.63) is 70.8 Å². The lowest BCUT2D eigenvalue weighted by Crippen LogP contribution is -2.15. The first-order chi connectivity index (χ1) is 12.6. The van der Waals surface area contributed by atoms with E-state index in [2.05, 4.69) is 5.32 Å². The van der Waals surface area contributed by atoms with Crippen molar-refractivity contribution in [2.75, 3.05) is 18.2 Å². The number of nitrogens with one attached hydrogen (secondary N) is 1. The largest absolute Gasteiger partial charge is 0.496 e. The highest BCUT2D eigenvalue weighted by atomic mass is 32.2. The van der Waals surface area contributed by atoms with Crippen molar-refractivity contribution in [2.45, 2.75) is 4.90 Å². The smallest absolute Gasteiger partial charge is 0.296 e. The molecule has 0 aromatic heterocycles. The Kier molecular flexibility index (Phi) is 5.38. The van der Waals surface area contributed by atoms with Crippen molar-refractivity contribution in [2.24, 2.45) is 0 Å². The Hall–Kier alpha value is -3.06. The predicted molar refractivity (Wildman–Crippen MR) is 103 cm³/mol. The molecule has 7 heteroatoms. The molecule has 0 fully saturated rings. The number of hydrogen-bond acceptors (Lipinski definition) is 5. The number of amides is 1. The Labute approximate surface area is 154 Å². The fourth-order valence-corrected chi connectivity index (χ4v) is 3.42. The molecule has 0 atom stereocenters. The summed E-state index contributed by atoms with van der Waals surface area (Å²) in [5.41, 5.74) is -0.0489. The zero-order valence-corrected chi connectivity index (χ0v) is 14.8. The summed E-state index contributed by atoms with van der Waals surface area (Å²) in [6.07, 6.45) is 0. The monoisotopic (exact) mass is 368 g/mol. The van der Waals surface area contributed by atoms with E-state index in [0.717, 1.165) is 15.7 Å². The van der Waals surface area contributed by atoms with Gasteiger partial charge in [0.1, 0.15) is 11.4 Å². The number of carbonyl (C=O) groups excluding carboxylic acids is 1. The van der Waals surface area contributed by atoms with Gasteiger partial charge in [0.15, 0.2) is 0 Å². The summed E-state index contributed by atoms with van der Waals surface area (Å²) in [5, 5.41) is 16.0. The Morgan fingerprint density at radius 2 is 1.92 bits per heavy atom. The molecule has 0 saturated heterocycles. The third-order valence-electron chi connectivity index (χ3n) is 3.78. The SMILES string of the molecule is COc1ccc(NC(=O)CSc2cccc3ccccc23)c([N+](=O)[O-])c1. The minimum absolute atomic E-state index is 0.150. The lowest BCUT2D eigenvalue weighted by molar-refractivity contribution is -0.384. The van der Waals surface area contributed by atoms with E-state index >= 15 is 0 Å². The maximum Gasteiger partial charge on any atom is 0.296 e. The number of hydrogen-bond donors (Lipinski definition) is 1. The fraction of sp³-hybridized carbons (Fsp3) is 0.105. The van der Waals surface area contributed by atoms with Crippen LogP contribution in [-0.4, -0.2) is 23.7 Å². The lowest BCUT2D eigenvalue weighted by Gasteiger charge is -2.09. The highest BCUT2D eigenvalue weighted by Gasteiger charge is 2.17. The number of nitro benzene ring substituents is 1. The number of carbonyl (C=O) groups is 1. The predicted octanol–water partition coefficient (Wildman–Crippen LogP) is 4.49. The molecule has 3 aromatic rings. The molecule has 0 heterocycles. The molecule has 6 nitrogen and oxygen atoms in total.